The van der Waals surface area contributed by atoms with Gasteiger partial charge in [-0.25, -0.2) is 13.4 Å². The second-order valence-electron chi connectivity index (χ2n) is 6.40. The Morgan fingerprint density at radius 3 is 2.36 bits per heavy atom. The maximum atomic E-state index is 12.5. The highest BCUT2D eigenvalue weighted by Crippen LogP contribution is 2.22. The second kappa shape index (κ2) is 7.67. The molecular formula is C16H25N5O3S. The molecule has 2 aliphatic rings. The van der Waals surface area contributed by atoms with E-state index in [1.807, 2.05) is 0 Å². The Hall–Kier alpha value is -1.71. The number of aromatic nitrogens is 1. The van der Waals surface area contributed by atoms with Gasteiger partial charge in [0.1, 0.15) is 10.7 Å². The lowest BCUT2D eigenvalue weighted by molar-refractivity contribution is -0.121. The zero-order chi connectivity index (χ0) is 17.9. The number of sulfonamides is 1. The zero-order valence-corrected chi connectivity index (χ0v) is 15.3. The lowest BCUT2D eigenvalue weighted by atomic mass is 10.3. The molecule has 0 atom stereocenters. The van der Waals surface area contributed by atoms with Gasteiger partial charge >= 0.3 is 0 Å². The number of carbonyl (C=O) groups excluding carboxylic acids is 1. The minimum Gasteiger partial charge on any atom is -0.358 e. The normalized spacial score (nSPS) is 20.0. The number of hydrogen-bond acceptors (Lipinski definition) is 6. The van der Waals surface area contributed by atoms with Crippen molar-refractivity contribution < 1.29 is 13.2 Å². The third kappa shape index (κ3) is 4.10. The van der Waals surface area contributed by atoms with Gasteiger partial charge in [-0.15, -0.1) is 0 Å². The molecule has 8 nitrogen and oxygen atoms in total. The molecule has 2 fully saturated rings. The van der Waals surface area contributed by atoms with E-state index in [4.69, 9.17) is 0 Å². The molecule has 2 aliphatic heterocycles. The number of nitrogens with one attached hydrogen (secondary N) is 1. The summed E-state index contributed by atoms with van der Waals surface area (Å²) in [4.78, 5) is 20.3. The molecule has 0 aromatic carbocycles. The maximum Gasteiger partial charge on any atom is 0.244 e. The molecule has 3 heterocycles. The van der Waals surface area contributed by atoms with Crippen molar-refractivity contribution in [3.63, 3.8) is 0 Å². The van der Waals surface area contributed by atoms with Crippen LogP contribution in [0.15, 0.2) is 23.2 Å². The Kier molecular flexibility index (Phi) is 5.55. The summed E-state index contributed by atoms with van der Waals surface area (Å²) in [5, 5.41) is 2.63. The number of amides is 1. The lowest BCUT2D eigenvalue weighted by Crippen LogP contribution is -2.49. The van der Waals surface area contributed by atoms with Gasteiger partial charge in [0.2, 0.25) is 15.9 Å². The number of likely N-dealkylation sites (N-methyl/N-ethyl adjacent to an activating group) is 1. The first-order valence-corrected chi connectivity index (χ1v) is 10.1. The van der Waals surface area contributed by atoms with Crippen molar-refractivity contribution in [3.05, 3.63) is 18.3 Å². The highest BCUT2D eigenvalue weighted by molar-refractivity contribution is 7.89. The van der Waals surface area contributed by atoms with Crippen LogP contribution in [-0.4, -0.2) is 81.4 Å². The number of pyridine rings is 1. The van der Waals surface area contributed by atoms with Crippen LogP contribution in [0.1, 0.15) is 12.8 Å². The van der Waals surface area contributed by atoms with Crippen molar-refractivity contribution >= 4 is 21.7 Å². The Bertz CT molecular complexity index is 693. The van der Waals surface area contributed by atoms with E-state index in [0.717, 1.165) is 44.8 Å². The summed E-state index contributed by atoms with van der Waals surface area (Å²) in [7, 11) is -1.77. The molecular weight excluding hydrogens is 342 g/mol. The van der Waals surface area contributed by atoms with Crippen molar-refractivity contribution in [2.45, 2.75) is 17.7 Å². The van der Waals surface area contributed by atoms with Gasteiger partial charge in [0.05, 0.1) is 6.54 Å². The van der Waals surface area contributed by atoms with E-state index < -0.39 is 10.0 Å². The van der Waals surface area contributed by atoms with Crippen LogP contribution in [0.4, 0.5) is 5.82 Å². The summed E-state index contributed by atoms with van der Waals surface area (Å²) in [5.41, 5.74) is 0. The highest BCUT2D eigenvalue weighted by atomic mass is 32.2. The molecule has 0 radical (unpaired) electrons. The third-order valence-electron chi connectivity index (χ3n) is 4.77. The van der Waals surface area contributed by atoms with Gasteiger partial charge in [-0.3, -0.25) is 9.69 Å². The Balaban J connectivity index is 1.61. The molecule has 9 heteroatoms. The van der Waals surface area contributed by atoms with Crippen molar-refractivity contribution in [3.8, 4) is 0 Å². The predicted molar refractivity (Wildman–Crippen MR) is 94.9 cm³/mol. The zero-order valence-electron chi connectivity index (χ0n) is 14.5. The van der Waals surface area contributed by atoms with Gasteiger partial charge in [0.15, 0.2) is 0 Å². The fourth-order valence-corrected chi connectivity index (χ4v) is 4.67. The number of anilines is 1. The van der Waals surface area contributed by atoms with Gasteiger partial charge in [-0.2, -0.15) is 4.31 Å². The van der Waals surface area contributed by atoms with E-state index in [1.54, 1.807) is 19.2 Å². The molecule has 0 spiro atoms. The third-order valence-corrected chi connectivity index (χ3v) is 6.65. The first-order valence-electron chi connectivity index (χ1n) is 8.65. The number of rotatable bonds is 5. The van der Waals surface area contributed by atoms with E-state index in [2.05, 4.69) is 20.1 Å². The Morgan fingerprint density at radius 1 is 1.12 bits per heavy atom. The maximum absolute atomic E-state index is 12.5. The Labute approximate surface area is 148 Å². The second-order valence-corrected chi connectivity index (χ2v) is 8.34. The molecule has 0 aliphatic carbocycles. The number of hydrogen-bond donors (Lipinski definition) is 1. The van der Waals surface area contributed by atoms with Crippen molar-refractivity contribution in [2.24, 2.45) is 0 Å². The minimum atomic E-state index is -3.41. The first-order chi connectivity index (χ1) is 12.0. The van der Waals surface area contributed by atoms with Gasteiger partial charge in [-0.05, 0) is 25.0 Å². The van der Waals surface area contributed by atoms with E-state index in [1.165, 1.54) is 10.5 Å². The smallest absolute Gasteiger partial charge is 0.244 e. The highest BCUT2D eigenvalue weighted by Gasteiger charge is 2.27. The monoisotopic (exact) mass is 367 g/mol. The molecule has 2 saturated heterocycles. The molecule has 0 unspecified atom stereocenters. The fraction of sp³-hybridized carbons (Fsp3) is 0.625. The van der Waals surface area contributed by atoms with E-state index in [0.29, 0.717) is 19.6 Å². The summed E-state index contributed by atoms with van der Waals surface area (Å²) >= 11 is 0. The van der Waals surface area contributed by atoms with Crippen molar-refractivity contribution in [2.75, 3.05) is 57.8 Å². The molecule has 3 rings (SSSR count). The summed E-state index contributed by atoms with van der Waals surface area (Å²) in [6.07, 6.45) is 3.30. The standard InChI is InChI=1S/C16H25N5O3S/c1-17-16(22)13-19-8-10-20(11-9-19)15-5-4-14(12-18-15)25(23,24)21-6-2-3-7-21/h4-5,12H,2-3,6-11,13H2,1H3,(H,17,22). The molecule has 1 aromatic rings. The predicted octanol–water partition coefficient (Wildman–Crippen LogP) is -0.266. The largest absolute Gasteiger partial charge is 0.358 e. The number of nitrogens with zero attached hydrogens (tertiary/aromatic N) is 4. The van der Waals surface area contributed by atoms with Crippen LogP contribution in [-0.2, 0) is 14.8 Å². The molecule has 1 N–H and O–H groups in total. The van der Waals surface area contributed by atoms with E-state index in [9.17, 15) is 13.2 Å². The fourth-order valence-electron chi connectivity index (χ4n) is 3.21. The van der Waals surface area contributed by atoms with Crippen molar-refractivity contribution in [1.82, 2.24) is 19.5 Å². The SMILES string of the molecule is CNC(=O)CN1CCN(c2ccc(S(=O)(=O)N3CCCC3)cn2)CC1. The van der Waals surface area contributed by atoms with E-state index in [-0.39, 0.29) is 10.8 Å². The van der Waals surface area contributed by atoms with Crippen LogP contribution in [0, 0.1) is 0 Å². The molecule has 138 valence electrons. The van der Waals surface area contributed by atoms with Crippen LogP contribution in [0.5, 0.6) is 0 Å². The van der Waals surface area contributed by atoms with Crippen LogP contribution in [0.2, 0.25) is 0 Å². The van der Waals surface area contributed by atoms with Crippen LogP contribution in [0.25, 0.3) is 0 Å². The van der Waals surface area contributed by atoms with Gasteiger partial charge in [0.25, 0.3) is 0 Å². The van der Waals surface area contributed by atoms with E-state index >= 15 is 0 Å². The van der Waals surface area contributed by atoms with Gasteiger partial charge < -0.3 is 10.2 Å². The topological polar surface area (TPSA) is 85.8 Å². The summed E-state index contributed by atoms with van der Waals surface area (Å²) in [5.74, 6) is 0.794. The summed E-state index contributed by atoms with van der Waals surface area (Å²) in [6.45, 7) is 4.69. The summed E-state index contributed by atoms with van der Waals surface area (Å²) in [6, 6.07) is 3.42. The van der Waals surface area contributed by atoms with Crippen LogP contribution >= 0.6 is 0 Å². The quantitative estimate of drug-likeness (QED) is 0.771. The van der Waals surface area contributed by atoms with Gasteiger partial charge in [0, 0.05) is 52.5 Å². The average molecular weight is 367 g/mol. The van der Waals surface area contributed by atoms with Gasteiger partial charge in [-0.1, -0.05) is 0 Å². The molecule has 25 heavy (non-hydrogen) atoms. The van der Waals surface area contributed by atoms with Crippen LogP contribution in [0.3, 0.4) is 0 Å². The lowest BCUT2D eigenvalue weighted by Gasteiger charge is -2.34. The molecule has 0 saturated carbocycles. The summed E-state index contributed by atoms with van der Waals surface area (Å²) < 4.78 is 26.6. The number of carbonyl (C=O) groups is 1. The van der Waals surface area contributed by atoms with Crippen LogP contribution < -0.4 is 10.2 Å². The minimum absolute atomic E-state index is 0.0167. The molecule has 1 aromatic heterocycles. The Morgan fingerprint density at radius 2 is 1.80 bits per heavy atom. The van der Waals surface area contributed by atoms with Crippen molar-refractivity contribution in [1.29, 1.82) is 0 Å². The molecule has 0 bridgehead atoms. The molecule has 1 amide bonds. The first kappa shape index (κ1) is 18.1. The number of piperazine rings is 1. The average Bonchev–Trinajstić information content (AvgIpc) is 3.18.